The Morgan fingerprint density at radius 3 is 2.50 bits per heavy atom. The summed E-state index contributed by atoms with van der Waals surface area (Å²) in [5.41, 5.74) is 7.75. The van der Waals surface area contributed by atoms with Gasteiger partial charge in [-0.1, -0.05) is 45.6 Å². The minimum absolute atomic E-state index is 0.136. The van der Waals surface area contributed by atoms with Crippen LogP contribution in [0, 0.1) is 0 Å². The van der Waals surface area contributed by atoms with E-state index in [9.17, 15) is 0 Å². The van der Waals surface area contributed by atoms with Crippen LogP contribution in [0.25, 0.3) is 17.3 Å². The topological polar surface area (TPSA) is 108 Å². The van der Waals surface area contributed by atoms with Crippen molar-refractivity contribution < 1.29 is 4.42 Å². The molecule has 0 aliphatic heterocycles. The molecule has 10 heteroatoms. The Balaban J connectivity index is 1.62. The van der Waals surface area contributed by atoms with Gasteiger partial charge in [-0.3, -0.25) is 0 Å². The fourth-order valence-corrected chi connectivity index (χ4v) is 2.57. The van der Waals surface area contributed by atoms with E-state index in [0.717, 1.165) is 0 Å². The second kappa shape index (κ2) is 6.66. The Bertz CT molecular complexity index is 1060. The molecule has 0 saturated carbocycles. The summed E-state index contributed by atoms with van der Waals surface area (Å²) >= 11 is 12.0. The van der Waals surface area contributed by atoms with E-state index in [0.29, 0.717) is 21.4 Å². The molecule has 2 heterocycles. The van der Waals surface area contributed by atoms with E-state index in [1.807, 2.05) is 12.1 Å². The molecule has 0 saturated heterocycles. The highest BCUT2D eigenvalue weighted by molar-refractivity contribution is 6.33. The number of nitrogens with two attached hydrogens (primary N) is 1. The van der Waals surface area contributed by atoms with Gasteiger partial charge in [-0.2, -0.15) is 4.68 Å². The third-order valence-electron chi connectivity index (χ3n) is 3.52. The smallest absolute Gasteiger partial charge is 0.320 e. The summed E-state index contributed by atoms with van der Waals surface area (Å²) in [6.07, 6.45) is 0. The lowest BCUT2D eigenvalue weighted by molar-refractivity contribution is 0.585. The molecule has 0 aliphatic rings. The first kappa shape index (κ1) is 16.4. The first-order valence-corrected chi connectivity index (χ1v) is 8.20. The molecule has 0 bridgehead atoms. The van der Waals surface area contributed by atoms with Crippen molar-refractivity contribution in [3.8, 4) is 17.3 Å². The second-order valence-corrected chi connectivity index (χ2v) is 6.07. The van der Waals surface area contributed by atoms with Gasteiger partial charge in [0, 0.05) is 5.02 Å². The lowest BCUT2D eigenvalue weighted by Gasteiger charge is -2.03. The molecule has 0 spiro atoms. The Hall–Kier alpha value is -3.10. The molecule has 0 atom stereocenters. The Labute approximate surface area is 157 Å². The SMILES string of the molecule is Nc1c(-c2nnc(Nc3ccccc3Cl)o2)nnn1-c1ccc(Cl)cc1. The lowest BCUT2D eigenvalue weighted by Crippen LogP contribution is -2.02. The van der Waals surface area contributed by atoms with Crippen molar-refractivity contribution in [2.24, 2.45) is 0 Å². The van der Waals surface area contributed by atoms with Crippen molar-refractivity contribution in [2.75, 3.05) is 11.1 Å². The number of benzene rings is 2. The van der Waals surface area contributed by atoms with E-state index in [2.05, 4.69) is 25.8 Å². The number of anilines is 3. The first-order chi connectivity index (χ1) is 12.6. The number of para-hydroxylation sites is 1. The molecule has 8 nitrogen and oxygen atoms in total. The van der Waals surface area contributed by atoms with Crippen LogP contribution >= 0.6 is 23.2 Å². The Kier molecular flexibility index (Phi) is 4.19. The maximum Gasteiger partial charge on any atom is 0.320 e. The number of halogens is 2. The van der Waals surface area contributed by atoms with E-state index < -0.39 is 0 Å². The van der Waals surface area contributed by atoms with Gasteiger partial charge < -0.3 is 15.5 Å². The minimum Gasteiger partial charge on any atom is -0.401 e. The molecule has 0 amide bonds. The van der Waals surface area contributed by atoms with Crippen LogP contribution in [0.5, 0.6) is 0 Å². The van der Waals surface area contributed by atoms with Gasteiger partial charge >= 0.3 is 6.01 Å². The minimum atomic E-state index is 0.136. The Morgan fingerprint density at radius 1 is 0.962 bits per heavy atom. The van der Waals surface area contributed by atoms with Crippen LogP contribution in [-0.2, 0) is 0 Å². The van der Waals surface area contributed by atoms with Crippen LogP contribution < -0.4 is 11.1 Å². The summed E-state index contributed by atoms with van der Waals surface area (Å²) in [5, 5.41) is 20.0. The van der Waals surface area contributed by atoms with Crippen LogP contribution in [0.4, 0.5) is 17.5 Å². The molecule has 3 N–H and O–H groups in total. The van der Waals surface area contributed by atoms with Gasteiger partial charge in [0.25, 0.3) is 5.89 Å². The van der Waals surface area contributed by atoms with E-state index in [-0.39, 0.29) is 23.4 Å². The number of hydrogen-bond donors (Lipinski definition) is 2. The van der Waals surface area contributed by atoms with Gasteiger partial charge in [-0.25, -0.2) is 0 Å². The van der Waals surface area contributed by atoms with Crippen molar-refractivity contribution in [1.82, 2.24) is 25.2 Å². The second-order valence-electron chi connectivity index (χ2n) is 5.23. The highest BCUT2D eigenvalue weighted by Gasteiger charge is 2.19. The van der Waals surface area contributed by atoms with Crippen LogP contribution in [0.2, 0.25) is 10.0 Å². The van der Waals surface area contributed by atoms with Gasteiger partial charge in [0.05, 0.1) is 16.4 Å². The monoisotopic (exact) mass is 387 g/mol. The van der Waals surface area contributed by atoms with E-state index in [4.69, 9.17) is 33.4 Å². The molecular formula is C16H11Cl2N7O. The first-order valence-electron chi connectivity index (χ1n) is 7.44. The highest BCUT2D eigenvalue weighted by Crippen LogP contribution is 2.28. The van der Waals surface area contributed by atoms with Crippen LogP contribution in [0.15, 0.2) is 52.9 Å². The van der Waals surface area contributed by atoms with Crippen LogP contribution in [-0.4, -0.2) is 25.2 Å². The zero-order chi connectivity index (χ0) is 18.1. The molecule has 130 valence electrons. The molecule has 4 rings (SSSR count). The van der Waals surface area contributed by atoms with Gasteiger partial charge in [-0.15, -0.1) is 10.2 Å². The van der Waals surface area contributed by atoms with Crippen molar-refractivity contribution >= 4 is 40.7 Å². The molecule has 0 radical (unpaired) electrons. The zero-order valence-corrected chi connectivity index (χ0v) is 14.6. The fraction of sp³-hybridized carbons (Fsp3) is 0. The average Bonchev–Trinajstić information content (AvgIpc) is 3.24. The van der Waals surface area contributed by atoms with Gasteiger partial charge in [-0.05, 0) is 36.4 Å². The summed E-state index contributed by atoms with van der Waals surface area (Å²) in [6.45, 7) is 0. The maximum atomic E-state index is 6.13. The van der Waals surface area contributed by atoms with Crippen molar-refractivity contribution in [2.45, 2.75) is 0 Å². The van der Waals surface area contributed by atoms with Crippen LogP contribution in [0.3, 0.4) is 0 Å². The standard InChI is InChI=1S/C16H11Cl2N7O/c17-9-5-7-10(8-6-9)25-14(19)13(21-24-25)15-22-23-16(26-15)20-12-4-2-1-3-11(12)18/h1-8H,19H2,(H,20,23). The summed E-state index contributed by atoms with van der Waals surface area (Å²) in [5.74, 6) is 0.400. The number of rotatable bonds is 4. The number of aromatic nitrogens is 5. The maximum absolute atomic E-state index is 6.13. The molecule has 2 aromatic heterocycles. The molecule has 26 heavy (non-hydrogen) atoms. The van der Waals surface area contributed by atoms with E-state index in [1.165, 1.54) is 4.68 Å². The number of nitrogens with zero attached hydrogens (tertiary/aromatic N) is 5. The number of nitrogen functional groups attached to an aromatic ring is 1. The molecular weight excluding hydrogens is 377 g/mol. The average molecular weight is 388 g/mol. The largest absolute Gasteiger partial charge is 0.401 e. The quantitative estimate of drug-likeness (QED) is 0.545. The van der Waals surface area contributed by atoms with E-state index >= 15 is 0 Å². The predicted octanol–water partition coefficient (Wildman–Crippen LogP) is 3.95. The molecule has 4 aromatic rings. The molecule has 0 aliphatic carbocycles. The van der Waals surface area contributed by atoms with Crippen molar-refractivity contribution in [3.05, 3.63) is 58.6 Å². The summed E-state index contributed by atoms with van der Waals surface area (Å²) < 4.78 is 7.02. The normalized spacial score (nSPS) is 10.8. The number of hydrogen-bond acceptors (Lipinski definition) is 7. The fourth-order valence-electron chi connectivity index (χ4n) is 2.26. The summed E-state index contributed by atoms with van der Waals surface area (Å²) in [4.78, 5) is 0. The predicted molar refractivity (Wildman–Crippen MR) is 98.8 cm³/mol. The van der Waals surface area contributed by atoms with E-state index in [1.54, 1.807) is 36.4 Å². The zero-order valence-electron chi connectivity index (χ0n) is 13.1. The van der Waals surface area contributed by atoms with Gasteiger partial charge in [0.15, 0.2) is 11.5 Å². The van der Waals surface area contributed by atoms with Gasteiger partial charge in [0.1, 0.15) is 0 Å². The third-order valence-corrected chi connectivity index (χ3v) is 4.10. The molecule has 2 aromatic carbocycles. The van der Waals surface area contributed by atoms with Gasteiger partial charge in [0.2, 0.25) is 0 Å². The Morgan fingerprint density at radius 2 is 1.73 bits per heavy atom. The third kappa shape index (κ3) is 3.07. The summed E-state index contributed by atoms with van der Waals surface area (Å²) in [7, 11) is 0. The lowest BCUT2D eigenvalue weighted by atomic mass is 10.3. The van der Waals surface area contributed by atoms with Crippen molar-refractivity contribution in [1.29, 1.82) is 0 Å². The number of nitrogens with one attached hydrogen (secondary N) is 1. The van der Waals surface area contributed by atoms with Crippen LogP contribution in [0.1, 0.15) is 0 Å². The molecule has 0 unspecified atom stereocenters. The molecule has 0 fully saturated rings. The van der Waals surface area contributed by atoms with Crippen molar-refractivity contribution in [3.63, 3.8) is 0 Å². The highest BCUT2D eigenvalue weighted by atomic mass is 35.5. The summed E-state index contributed by atoms with van der Waals surface area (Å²) in [6, 6.07) is 14.4.